The Morgan fingerprint density at radius 3 is 2.71 bits per heavy atom. The molecule has 0 amide bonds. The van der Waals surface area contributed by atoms with Crippen molar-refractivity contribution < 1.29 is 4.42 Å². The van der Waals surface area contributed by atoms with Crippen LogP contribution in [0.5, 0.6) is 0 Å². The molecule has 2 heterocycles. The van der Waals surface area contributed by atoms with Crippen LogP contribution in [0.25, 0.3) is 0 Å². The van der Waals surface area contributed by atoms with Gasteiger partial charge in [0.1, 0.15) is 6.26 Å². The van der Waals surface area contributed by atoms with E-state index >= 15 is 0 Å². The number of aromatic nitrogens is 1. The van der Waals surface area contributed by atoms with Gasteiger partial charge in [-0.25, -0.2) is 0 Å². The van der Waals surface area contributed by atoms with Crippen LogP contribution in [-0.4, -0.2) is 23.1 Å². The summed E-state index contributed by atoms with van der Waals surface area (Å²) in [5.41, 5.74) is 1.12. The second-order valence-corrected chi connectivity index (χ2v) is 7.67. The SMILES string of the molecule is CC(C)(C)NCc1coc(N2CCCC2C2CCCC2)n1. The molecule has 2 fully saturated rings. The van der Waals surface area contributed by atoms with Gasteiger partial charge in [0.15, 0.2) is 0 Å². The van der Waals surface area contributed by atoms with Gasteiger partial charge in [-0.15, -0.1) is 0 Å². The first-order valence-corrected chi connectivity index (χ1v) is 8.49. The van der Waals surface area contributed by atoms with E-state index in [-0.39, 0.29) is 5.54 Å². The molecule has 0 bridgehead atoms. The van der Waals surface area contributed by atoms with E-state index in [4.69, 9.17) is 9.40 Å². The minimum absolute atomic E-state index is 0.110. The summed E-state index contributed by atoms with van der Waals surface area (Å²) in [5.74, 6) is 0.857. The molecule has 0 aromatic carbocycles. The second kappa shape index (κ2) is 5.99. The molecular formula is C17H29N3O. The van der Waals surface area contributed by atoms with Gasteiger partial charge >= 0.3 is 0 Å². The molecule has 1 aliphatic heterocycles. The predicted molar refractivity (Wildman–Crippen MR) is 85.4 cm³/mol. The Labute approximate surface area is 128 Å². The largest absolute Gasteiger partial charge is 0.432 e. The van der Waals surface area contributed by atoms with E-state index in [1.165, 1.54) is 38.5 Å². The molecule has 1 unspecified atom stereocenters. The molecule has 4 nitrogen and oxygen atoms in total. The number of anilines is 1. The van der Waals surface area contributed by atoms with Crippen LogP contribution in [0.15, 0.2) is 10.7 Å². The van der Waals surface area contributed by atoms with Crippen molar-refractivity contribution in [3.8, 4) is 0 Å². The Balaban J connectivity index is 1.64. The molecule has 0 radical (unpaired) electrons. The van der Waals surface area contributed by atoms with Crippen LogP contribution in [0.2, 0.25) is 0 Å². The molecule has 1 N–H and O–H groups in total. The molecule has 1 saturated heterocycles. The first-order chi connectivity index (χ1) is 10.0. The summed E-state index contributed by atoms with van der Waals surface area (Å²) in [5, 5.41) is 3.47. The van der Waals surface area contributed by atoms with E-state index in [1.54, 1.807) is 0 Å². The second-order valence-electron chi connectivity index (χ2n) is 7.67. The van der Waals surface area contributed by atoms with Crippen LogP contribution >= 0.6 is 0 Å². The molecule has 1 aromatic rings. The Morgan fingerprint density at radius 2 is 2.00 bits per heavy atom. The van der Waals surface area contributed by atoms with Gasteiger partial charge in [-0.3, -0.25) is 0 Å². The van der Waals surface area contributed by atoms with Gasteiger partial charge < -0.3 is 14.6 Å². The maximum Gasteiger partial charge on any atom is 0.297 e. The molecule has 1 saturated carbocycles. The van der Waals surface area contributed by atoms with Crippen LogP contribution in [0.4, 0.5) is 6.01 Å². The maximum atomic E-state index is 5.78. The van der Waals surface area contributed by atoms with Crippen molar-refractivity contribution in [3.63, 3.8) is 0 Å². The maximum absolute atomic E-state index is 5.78. The highest BCUT2D eigenvalue weighted by Gasteiger charge is 2.35. The highest BCUT2D eigenvalue weighted by Crippen LogP contribution is 2.37. The zero-order chi connectivity index (χ0) is 14.9. The summed E-state index contributed by atoms with van der Waals surface area (Å²) in [6, 6.07) is 1.50. The normalized spacial score (nSPS) is 24.1. The van der Waals surface area contributed by atoms with Gasteiger partial charge in [-0.2, -0.15) is 4.98 Å². The molecule has 0 spiro atoms. The lowest BCUT2D eigenvalue weighted by atomic mass is 9.96. The monoisotopic (exact) mass is 291 g/mol. The fraction of sp³-hybridized carbons (Fsp3) is 0.824. The number of nitrogens with zero attached hydrogens (tertiary/aromatic N) is 2. The molecule has 1 aromatic heterocycles. The van der Waals surface area contributed by atoms with E-state index in [9.17, 15) is 0 Å². The lowest BCUT2D eigenvalue weighted by Crippen LogP contribution is -2.36. The predicted octanol–water partition coefficient (Wildman–Crippen LogP) is 3.72. The van der Waals surface area contributed by atoms with Crippen molar-refractivity contribution in [2.75, 3.05) is 11.4 Å². The van der Waals surface area contributed by atoms with Crippen LogP contribution in [0.1, 0.15) is 65.0 Å². The standard InChI is InChI=1S/C17H29N3O/c1-17(2,3)18-11-14-12-21-16(19-14)20-10-6-9-15(20)13-7-4-5-8-13/h12-13,15,18H,4-11H2,1-3H3. The number of oxazole rings is 1. The molecule has 2 aliphatic rings. The number of hydrogen-bond donors (Lipinski definition) is 1. The fourth-order valence-electron chi connectivity index (χ4n) is 3.73. The highest BCUT2D eigenvalue weighted by molar-refractivity contribution is 5.31. The van der Waals surface area contributed by atoms with Crippen molar-refractivity contribution in [2.45, 2.75) is 77.4 Å². The van der Waals surface area contributed by atoms with Crippen LogP contribution < -0.4 is 10.2 Å². The van der Waals surface area contributed by atoms with E-state index in [2.05, 4.69) is 31.0 Å². The Morgan fingerprint density at radius 1 is 1.24 bits per heavy atom. The zero-order valence-electron chi connectivity index (χ0n) is 13.7. The number of nitrogens with one attached hydrogen (secondary N) is 1. The van der Waals surface area contributed by atoms with Crippen molar-refractivity contribution in [1.82, 2.24) is 10.3 Å². The van der Waals surface area contributed by atoms with E-state index in [0.717, 1.165) is 30.7 Å². The van der Waals surface area contributed by atoms with E-state index in [0.29, 0.717) is 6.04 Å². The lowest BCUT2D eigenvalue weighted by Gasteiger charge is -2.27. The van der Waals surface area contributed by atoms with Crippen molar-refractivity contribution >= 4 is 6.01 Å². The van der Waals surface area contributed by atoms with Crippen molar-refractivity contribution in [3.05, 3.63) is 12.0 Å². The number of hydrogen-bond acceptors (Lipinski definition) is 4. The van der Waals surface area contributed by atoms with Gasteiger partial charge in [-0.05, 0) is 52.4 Å². The van der Waals surface area contributed by atoms with E-state index in [1.807, 2.05) is 6.26 Å². The molecule has 1 atom stereocenters. The van der Waals surface area contributed by atoms with E-state index < -0.39 is 0 Å². The highest BCUT2D eigenvalue weighted by atomic mass is 16.4. The third kappa shape index (κ3) is 3.60. The molecule has 118 valence electrons. The molecule has 21 heavy (non-hydrogen) atoms. The van der Waals surface area contributed by atoms with Gasteiger partial charge in [0.25, 0.3) is 6.01 Å². The van der Waals surface area contributed by atoms with Gasteiger partial charge in [0.05, 0.1) is 5.69 Å². The third-order valence-electron chi connectivity index (χ3n) is 4.83. The first-order valence-electron chi connectivity index (χ1n) is 8.49. The van der Waals surface area contributed by atoms with Crippen molar-refractivity contribution in [1.29, 1.82) is 0 Å². The summed E-state index contributed by atoms with van der Waals surface area (Å²) in [6.07, 6.45) is 9.99. The van der Waals surface area contributed by atoms with Gasteiger partial charge in [-0.1, -0.05) is 12.8 Å². The average molecular weight is 291 g/mol. The smallest absolute Gasteiger partial charge is 0.297 e. The Bertz CT molecular complexity index is 457. The molecule has 4 heteroatoms. The first kappa shape index (κ1) is 14.9. The van der Waals surface area contributed by atoms with Crippen LogP contribution in [0.3, 0.4) is 0 Å². The summed E-state index contributed by atoms with van der Waals surface area (Å²) in [4.78, 5) is 7.14. The third-order valence-corrected chi connectivity index (χ3v) is 4.83. The fourth-order valence-corrected chi connectivity index (χ4v) is 3.73. The van der Waals surface area contributed by atoms with Crippen LogP contribution in [-0.2, 0) is 6.54 Å². The Kier molecular flexibility index (Phi) is 4.25. The molecular weight excluding hydrogens is 262 g/mol. The quantitative estimate of drug-likeness (QED) is 0.918. The lowest BCUT2D eigenvalue weighted by molar-refractivity contribution is 0.409. The van der Waals surface area contributed by atoms with Crippen molar-refractivity contribution in [2.24, 2.45) is 5.92 Å². The van der Waals surface area contributed by atoms with Crippen LogP contribution in [0, 0.1) is 5.92 Å². The van der Waals surface area contributed by atoms with Gasteiger partial charge in [0, 0.05) is 24.7 Å². The zero-order valence-corrected chi connectivity index (χ0v) is 13.7. The molecule has 1 aliphatic carbocycles. The summed E-state index contributed by atoms with van der Waals surface area (Å²) < 4.78 is 5.78. The van der Waals surface area contributed by atoms with Gasteiger partial charge in [0.2, 0.25) is 0 Å². The average Bonchev–Trinajstić information content (AvgIpc) is 3.15. The Hall–Kier alpha value is -1.03. The molecule has 3 rings (SSSR count). The number of rotatable bonds is 4. The minimum atomic E-state index is 0.110. The topological polar surface area (TPSA) is 41.3 Å². The summed E-state index contributed by atoms with van der Waals surface area (Å²) in [7, 11) is 0. The minimum Gasteiger partial charge on any atom is -0.432 e. The summed E-state index contributed by atoms with van der Waals surface area (Å²) in [6.45, 7) is 8.39. The summed E-state index contributed by atoms with van der Waals surface area (Å²) >= 11 is 0.